The Bertz CT molecular complexity index is 685. The van der Waals surface area contributed by atoms with Crippen molar-refractivity contribution in [2.45, 2.75) is 51.4 Å². The Morgan fingerprint density at radius 2 is 0.923 bits per heavy atom. The van der Waals surface area contributed by atoms with E-state index in [1.807, 2.05) is 48.5 Å². The van der Waals surface area contributed by atoms with Crippen molar-refractivity contribution in [2.75, 3.05) is 5.01 Å². The third kappa shape index (κ3) is 4.58. The minimum Gasteiger partial charge on any atom is -0.294 e. The predicted molar refractivity (Wildman–Crippen MR) is 105 cm³/mol. The van der Waals surface area contributed by atoms with Crippen molar-refractivity contribution in [3.8, 4) is 0 Å². The van der Waals surface area contributed by atoms with Crippen LogP contribution < -0.4 is 10.9 Å². The van der Waals surface area contributed by atoms with Crippen LogP contribution in [0.15, 0.2) is 48.5 Å². The number of benzene rings is 2. The summed E-state index contributed by atoms with van der Waals surface area (Å²) in [5.41, 5.74) is 3.08. The van der Waals surface area contributed by atoms with E-state index in [1.165, 1.54) is 0 Å². The summed E-state index contributed by atoms with van der Waals surface area (Å²) >= 11 is 0. The molecule has 3 heterocycles. The average molecular weight is 350 g/mol. The number of hydrogen-bond donors (Lipinski definition) is 1. The van der Waals surface area contributed by atoms with Crippen LogP contribution in [0.3, 0.4) is 0 Å². The van der Waals surface area contributed by atoms with E-state index in [4.69, 9.17) is 5.84 Å². The predicted octanol–water partition coefficient (Wildman–Crippen LogP) is 5.20. The van der Waals surface area contributed by atoms with Gasteiger partial charge < -0.3 is 0 Å². The summed E-state index contributed by atoms with van der Waals surface area (Å²) in [5.74, 6) is 6.58. The van der Waals surface area contributed by atoms with E-state index in [2.05, 4.69) is 0 Å². The number of carbonyl (C=O) groups is 2. The van der Waals surface area contributed by atoms with Gasteiger partial charge in [0.15, 0.2) is 11.6 Å². The monoisotopic (exact) mass is 350 g/mol. The van der Waals surface area contributed by atoms with Gasteiger partial charge >= 0.3 is 0 Å². The molecule has 0 aromatic heterocycles. The van der Waals surface area contributed by atoms with Crippen molar-refractivity contribution < 1.29 is 9.59 Å². The zero-order chi connectivity index (χ0) is 18.4. The molecule has 2 aromatic rings. The van der Waals surface area contributed by atoms with Gasteiger partial charge in [0.1, 0.15) is 0 Å². The highest BCUT2D eigenvalue weighted by Gasteiger charge is 2.11. The molecule has 4 heteroatoms. The minimum absolute atomic E-state index is 0.188. The maximum atomic E-state index is 12.3. The number of fused-ring (bicyclic) bond motifs is 2. The van der Waals surface area contributed by atoms with E-state index in [1.54, 1.807) is 5.01 Å². The van der Waals surface area contributed by atoms with Gasteiger partial charge in [-0.3, -0.25) is 14.6 Å². The second kappa shape index (κ2) is 8.77. The number of rotatable bonds is 0. The third-order valence-corrected chi connectivity index (χ3v) is 4.99. The van der Waals surface area contributed by atoms with Gasteiger partial charge in [0.2, 0.25) is 0 Å². The van der Waals surface area contributed by atoms with Crippen molar-refractivity contribution in [3.63, 3.8) is 0 Å². The molecule has 4 nitrogen and oxygen atoms in total. The first kappa shape index (κ1) is 18.3. The minimum atomic E-state index is 0.188. The number of nitrogens with zero attached hydrogens (tertiary/aromatic N) is 1. The van der Waals surface area contributed by atoms with Crippen LogP contribution in [0.1, 0.15) is 72.1 Å². The molecular weight excluding hydrogens is 324 g/mol. The molecule has 136 valence electrons. The molecule has 3 aliphatic rings. The molecular formula is C22H26N2O2. The lowest BCUT2D eigenvalue weighted by atomic mass is 10.0. The van der Waals surface area contributed by atoms with Crippen molar-refractivity contribution >= 4 is 22.9 Å². The van der Waals surface area contributed by atoms with E-state index in [0.717, 1.165) is 61.0 Å². The van der Waals surface area contributed by atoms with Gasteiger partial charge in [-0.05, 0) is 61.4 Å². The van der Waals surface area contributed by atoms with Gasteiger partial charge in [-0.25, -0.2) is 5.84 Å². The molecule has 26 heavy (non-hydrogen) atoms. The Morgan fingerprint density at radius 1 is 0.577 bits per heavy atom. The van der Waals surface area contributed by atoms with Crippen molar-refractivity contribution in [1.29, 1.82) is 0 Å². The Morgan fingerprint density at radius 3 is 1.31 bits per heavy atom. The van der Waals surface area contributed by atoms with E-state index in [9.17, 15) is 9.59 Å². The van der Waals surface area contributed by atoms with Crippen LogP contribution in [0.2, 0.25) is 0 Å². The lowest BCUT2D eigenvalue weighted by Crippen LogP contribution is -2.24. The first-order chi connectivity index (χ1) is 12.6. The van der Waals surface area contributed by atoms with Crippen LogP contribution in [0.25, 0.3) is 0 Å². The molecule has 0 saturated carbocycles. The Balaban J connectivity index is 1.82. The van der Waals surface area contributed by atoms with Gasteiger partial charge in [0.25, 0.3) is 0 Å². The second-order valence-corrected chi connectivity index (χ2v) is 6.93. The quantitative estimate of drug-likeness (QED) is 0.663. The van der Waals surface area contributed by atoms with Crippen LogP contribution in [-0.2, 0) is 0 Å². The number of carbonyl (C=O) groups excluding carboxylic acids is 2. The first-order valence-electron chi connectivity index (χ1n) is 9.46. The fourth-order valence-electron chi connectivity index (χ4n) is 3.33. The first-order valence-corrected chi connectivity index (χ1v) is 9.46. The molecule has 0 unspecified atom stereocenters. The normalized spacial score (nSPS) is 17.0. The van der Waals surface area contributed by atoms with Crippen LogP contribution in [0, 0.1) is 0 Å². The molecule has 0 spiro atoms. The average Bonchev–Trinajstić information content (AvgIpc) is 2.69. The third-order valence-electron chi connectivity index (χ3n) is 4.99. The molecule has 0 radical (unpaired) electrons. The highest BCUT2D eigenvalue weighted by molar-refractivity contribution is 5.97. The van der Waals surface area contributed by atoms with E-state index in [-0.39, 0.29) is 11.6 Å². The number of ketones is 2. The summed E-state index contributed by atoms with van der Waals surface area (Å²) in [6.07, 6.45) is 7.40. The molecule has 2 aromatic carbocycles. The van der Waals surface area contributed by atoms with E-state index in [0.29, 0.717) is 12.8 Å². The Hall–Kier alpha value is -2.46. The van der Waals surface area contributed by atoms with Crippen LogP contribution in [0.4, 0.5) is 11.4 Å². The summed E-state index contributed by atoms with van der Waals surface area (Å²) in [4.78, 5) is 24.6. The number of anilines is 2. The van der Waals surface area contributed by atoms with Gasteiger partial charge in [-0.15, -0.1) is 0 Å². The summed E-state index contributed by atoms with van der Waals surface area (Å²) in [7, 11) is 0. The van der Waals surface area contributed by atoms with Crippen LogP contribution >= 0.6 is 0 Å². The van der Waals surface area contributed by atoms with Gasteiger partial charge in [-0.1, -0.05) is 25.7 Å². The molecule has 0 saturated heterocycles. The summed E-state index contributed by atoms with van der Waals surface area (Å²) in [5, 5.41) is 1.57. The van der Waals surface area contributed by atoms with Crippen LogP contribution in [0.5, 0.6) is 0 Å². The zero-order valence-corrected chi connectivity index (χ0v) is 15.1. The molecule has 0 aliphatic carbocycles. The topological polar surface area (TPSA) is 63.4 Å². The maximum Gasteiger partial charge on any atom is 0.162 e. The number of hydrogen-bond acceptors (Lipinski definition) is 4. The number of Topliss-reactive ketones (excluding diaryl/α,β-unsaturated/α-hetero) is 2. The van der Waals surface area contributed by atoms with Crippen molar-refractivity contribution in [2.24, 2.45) is 5.84 Å². The van der Waals surface area contributed by atoms with Crippen molar-refractivity contribution in [1.82, 2.24) is 0 Å². The standard InChI is InChI=1S/C22H26N2O2/c23-24-19-13-9-17(10-14-19)21(25)7-5-3-1-2-4-6-8-22(26)18-11-15-20(24)16-12-18/h9-16H,1-8,23H2. The highest BCUT2D eigenvalue weighted by atomic mass is 16.1. The lowest BCUT2D eigenvalue weighted by Gasteiger charge is -2.19. The SMILES string of the molecule is NN1c2ccc(cc2)C(=O)CCCCCCCCC(=O)c2ccc1cc2. The molecule has 0 atom stereocenters. The van der Waals surface area contributed by atoms with Gasteiger partial charge in [0, 0.05) is 24.0 Å². The molecule has 0 fully saturated rings. The van der Waals surface area contributed by atoms with Crippen LogP contribution in [-0.4, -0.2) is 11.6 Å². The lowest BCUT2D eigenvalue weighted by molar-refractivity contribution is 0.0969. The molecule has 3 aliphatic heterocycles. The fraction of sp³-hybridized carbons (Fsp3) is 0.364. The largest absolute Gasteiger partial charge is 0.294 e. The molecule has 4 bridgehead atoms. The van der Waals surface area contributed by atoms with Gasteiger partial charge in [0.05, 0.1) is 11.4 Å². The smallest absolute Gasteiger partial charge is 0.162 e. The van der Waals surface area contributed by atoms with Gasteiger partial charge in [-0.2, -0.15) is 0 Å². The summed E-state index contributed by atoms with van der Waals surface area (Å²) < 4.78 is 0. The van der Waals surface area contributed by atoms with Crippen molar-refractivity contribution in [3.05, 3.63) is 59.7 Å². The van der Waals surface area contributed by atoms with E-state index < -0.39 is 0 Å². The zero-order valence-electron chi connectivity index (χ0n) is 15.1. The molecule has 5 rings (SSSR count). The Labute approximate surface area is 155 Å². The highest BCUT2D eigenvalue weighted by Crippen LogP contribution is 2.24. The number of hydrazine groups is 1. The maximum absolute atomic E-state index is 12.3. The Kier molecular flexibility index (Phi) is 6.18. The van der Waals surface area contributed by atoms with E-state index >= 15 is 0 Å². The summed E-state index contributed by atoms with van der Waals surface area (Å²) in [6.45, 7) is 0. The fourth-order valence-corrected chi connectivity index (χ4v) is 3.33. The summed E-state index contributed by atoms with van der Waals surface area (Å²) in [6, 6.07) is 14.8. The second-order valence-electron chi connectivity index (χ2n) is 6.93. The number of nitrogens with two attached hydrogens (primary N) is 1. The molecule has 2 N–H and O–H groups in total. The molecule has 0 amide bonds.